The highest BCUT2D eigenvalue weighted by molar-refractivity contribution is 6.34. The van der Waals surface area contributed by atoms with Crippen LogP contribution in [0.3, 0.4) is 0 Å². The summed E-state index contributed by atoms with van der Waals surface area (Å²) < 4.78 is 0.513. The molecule has 0 radical (unpaired) electrons. The fourth-order valence-electron chi connectivity index (χ4n) is 1.22. The van der Waals surface area contributed by atoms with Crippen molar-refractivity contribution in [3.8, 4) is 0 Å². The number of rotatable bonds is 0. The molecule has 0 atom stereocenters. The molecule has 0 saturated carbocycles. The molecule has 0 saturated heterocycles. The van der Waals surface area contributed by atoms with Crippen LogP contribution in [0, 0.1) is 0 Å². The molecular formula is C8H6ClN3O2. The van der Waals surface area contributed by atoms with Crippen LogP contribution in [-0.4, -0.2) is 9.66 Å². The zero-order chi connectivity index (χ0) is 10.3. The van der Waals surface area contributed by atoms with Gasteiger partial charge in [-0.2, -0.15) is 4.68 Å². The Kier molecular flexibility index (Phi) is 1.82. The van der Waals surface area contributed by atoms with Crippen molar-refractivity contribution < 1.29 is 0 Å². The number of H-pyrrole nitrogens is 1. The SMILES string of the molecule is Nn1c(=O)[nH]c2c(Cl)cccc2c1=O. The third-order valence-corrected chi connectivity index (χ3v) is 2.23. The first kappa shape index (κ1) is 8.83. The lowest BCUT2D eigenvalue weighted by Crippen LogP contribution is -2.40. The Hall–Kier alpha value is -1.75. The van der Waals surface area contributed by atoms with Gasteiger partial charge in [0.1, 0.15) is 0 Å². The lowest BCUT2D eigenvalue weighted by atomic mass is 10.2. The Morgan fingerprint density at radius 3 is 2.79 bits per heavy atom. The van der Waals surface area contributed by atoms with Crippen LogP contribution in [0.1, 0.15) is 0 Å². The largest absolute Gasteiger partial charge is 0.347 e. The number of halogens is 1. The number of aromatic amines is 1. The molecule has 14 heavy (non-hydrogen) atoms. The van der Waals surface area contributed by atoms with E-state index >= 15 is 0 Å². The molecule has 0 unspecified atom stereocenters. The number of hydrogen-bond acceptors (Lipinski definition) is 3. The number of nitrogens with one attached hydrogen (secondary N) is 1. The van der Waals surface area contributed by atoms with Crippen LogP contribution >= 0.6 is 11.6 Å². The van der Waals surface area contributed by atoms with Gasteiger partial charge in [-0.15, -0.1) is 0 Å². The number of nitrogens with two attached hydrogens (primary N) is 1. The van der Waals surface area contributed by atoms with Gasteiger partial charge in [0.05, 0.1) is 15.9 Å². The van der Waals surface area contributed by atoms with Gasteiger partial charge in [0.15, 0.2) is 0 Å². The van der Waals surface area contributed by atoms with Gasteiger partial charge in [-0.3, -0.25) is 4.79 Å². The third-order valence-electron chi connectivity index (χ3n) is 1.91. The average molecular weight is 212 g/mol. The van der Waals surface area contributed by atoms with Crippen molar-refractivity contribution in [3.05, 3.63) is 44.1 Å². The molecule has 0 aliphatic rings. The van der Waals surface area contributed by atoms with E-state index < -0.39 is 11.2 Å². The number of hydrogen-bond donors (Lipinski definition) is 2. The number of nitrogens with zero attached hydrogens (tertiary/aromatic N) is 1. The van der Waals surface area contributed by atoms with Gasteiger partial charge in [0.2, 0.25) is 0 Å². The zero-order valence-electron chi connectivity index (χ0n) is 6.95. The molecule has 5 nitrogen and oxygen atoms in total. The topological polar surface area (TPSA) is 80.9 Å². The minimum atomic E-state index is -0.685. The normalized spacial score (nSPS) is 10.6. The van der Waals surface area contributed by atoms with E-state index in [4.69, 9.17) is 17.4 Å². The van der Waals surface area contributed by atoms with Gasteiger partial charge >= 0.3 is 5.69 Å². The molecule has 0 bridgehead atoms. The number of fused-ring (bicyclic) bond motifs is 1. The van der Waals surface area contributed by atoms with Crippen LogP contribution < -0.4 is 17.1 Å². The summed E-state index contributed by atoms with van der Waals surface area (Å²) in [6, 6.07) is 4.74. The van der Waals surface area contributed by atoms with E-state index in [1.807, 2.05) is 0 Å². The fraction of sp³-hybridized carbons (Fsp3) is 0. The summed E-state index contributed by atoms with van der Waals surface area (Å²) in [6.45, 7) is 0. The number of nitrogen functional groups attached to an aromatic ring is 1. The van der Waals surface area contributed by atoms with E-state index in [1.165, 1.54) is 0 Å². The molecule has 0 aliphatic heterocycles. The van der Waals surface area contributed by atoms with E-state index in [-0.39, 0.29) is 0 Å². The van der Waals surface area contributed by atoms with E-state index in [0.717, 1.165) is 0 Å². The Bertz CT molecular complexity index is 614. The Morgan fingerprint density at radius 2 is 2.07 bits per heavy atom. The standard InChI is InChI=1S/C8H6ClN3O2/c9-5-3-1-2-4-6(5)11-8(14)12(10)7(4)13/h1-3H,10H2,(H,11,14). The van der Waals surface area contributed by atoms with Crippen molar-refractivity contribution in [1.29, 1.82) is 0 Å². The van der Waals surface area contributed by atoms with Crippen molar-refractivity contribution in [2.24, 2.45) is 0 Å². The minimum Gasteiger partial charge on any atom is -0.332 e. The smallest absolute Gasteiger partial charge is 0.332 e. The molecule has 6 heteroatoms. The monoisotopic (exact) mass is 211 g/mol. The van der Waals surface area contributed by atoms with Crippen molar-refractivity contribution >= 4 is 22.5 Å². The summed E-state index contributed by atoms with van der Waals surface area (Å²) in [7, 11) is 0. The van der Waals surface area contributed by atoms with Gasteiger partial charge in [0, 0.05) is 0 Å². The molecule has 2 aromatic rings. The third kappa shape index (κ3) is 1.10. The maximum absolute atomic E-state index is 11.5. The van der Waals surface area contributed by atoms with Gasteiger partial charge < -0.3 is 10.8 Å². The molecule has 1 aromatic heterocycles. The van der Waals surface area contributed by atoms with Crippen molar-refractivity contribution in [2.45, 2.75) is 0 Å². The van der Waals surface area contributed by atoms with Crippen LogP contribution in [0.2, 0.25) is 5.02 Å². The molecule has 1 heterocycles. The number of para-hydroxylation sites is 1. The molecule has 0 spiro atoms. The molecule has 3 N–H and O–H groups in total. The van der Waals surface area contributed by atoms with E-state index in [1.54, 1.807) is 18.2 Å². The Morgan fingerprint density at radius 1 is 1.36 bits per heavy atom. The van der Waals surface area contributed by atoms with Gasteiger partial charge in [0.25, 0.3) is 5.56 Å². The quantitative estimate of drug-likeness (QED) is 0.605. The van der Waals surface area contributed by atoms with Crippen LogP contribution in [0.25, 0.3) is 10.9 Å². The van der Waals surface area contributed by atoms with Crippen LogP contribution in [0.4, 0.5) is 0 Å². The summed E-state index contributed by atoms with van der Waals surface area (Å²) in [6.07, 6.45) is 0. The van der Waals surface area contributed by atoms with Crippen LogP contribution in [-0.2, 0) is 0 Å². The van der Waals surface area contributed by atoms with E-state index in [9.17, 15) is 9.59 Å². The summed E-state index contributed by atoms with van der Waals surface area (Å²) in [5.74, 6) is 5.22. The van der Waals surface area contributed by atoms with Crippen LogP contribution in [0.15, 0.2) is 27.8 Å². The molecule has 1 aromatic carbocycles. The fourth-order valence-corrected chi connectivity index (χ4v) is 1.44. The van der Waals surface area contributed by atoms with Crippen LogP contribution in [0.5, 0.6) is 0 Å². The second-order valence-corrected chi connectivity index (χ2v) is 3.17. The highest BCUT2D eigenvalue weighted by atomic mass is 35.5. The molecule has 0 fully saturated rings. The lowest BCUT2D eigenvalue weighted by molar-refractivity contribution is 0.856. The minimum absolute atomic E-state index is 0.291. The zero-order valence-corrected chi connectivity index (χ0v) is 7.71. The first-order valence-corrected chi connectivity index (χ1v) is 4.17. The van der Waals surface area contributed by atoms with Crippen molar-refractivity contribution in [2.75, 3.05) is 5.84 Å². The molecule has 72 valence electrons. The summed E-state index contributed by atoms with van der Waals surface area (Å²) in [5, 5.41) is 0.608. The predicted molar refractivity (Wildman–Crippen MR) is 54.0 cm³/mol. The van der Waals surface area contributed by atoms with E-state index in [2.05, 4.69) is 4.98 Å². The molecule has 0 aliphatic carbocycles. The maximum atomic E-state index is 11.5. The second-order valence-electron chi connectivity index (χ2n) is 2.77. The number of benzene rings is 1. The summed E-state index contributed by atoms with van der Waals surface area (Å²) in [4.78, 5) is 25.0. The molecule has 0 amide bonds. The Labute approximate surface area is 82.7 Å². The van der Waals surface area contributed by atoms with Gasteiger partial charge in [-0.25, -0.2) is 4.79 Å². The first-order chi connectivity index (χ1) is 6.61. The molecule has 2 rings (SSSR count). The van der Waals surface area contributed by atoms with Crippen molar-refractivity contribution in [3.63, 3.8) is 0 Å². The average Bonchev–Trinajstić information content (AvgIpc) is 2.17. The van der Waals surface area contributed by atoms with E-state index in [0.29, 0.717) is 20.6 Å². The number of aromatic nitrogens is 2. The van der Waals surface area contributed by atoms with Crippen molar-refractivity contribution in [1.82, 2.24) is 9.66 Å². The second kappa shape index (κ2) is 2.88. The predicted octanol–water partition coefficient (Wildman–Crippen LogP) is 0.0570. The van der Waals surface area contributed by atoms with Gasteiger partial charge in [-0.05, 0) is 12.1 Å². The summed E-state index contributed by atoms with van der Waals surface area (Å²) in [5.41, 5.74) is -0.937. The lowest BCUT2D eigenvalue weighted by Gasteiger charge is -2.01. The maximum Gasteiger partial charge on any atom is 0.347 e. The summed E-state index contributed by atoms with van der Waals surface area (Å²) >= 11 is 5.79. The Balaban J connectivity index is 3.14. The highest BCUT2D eigenvalue weighted by Gasteiger charge is 2.06. The van der Waals surface area contributed by atoms with Gasteiger partial charge in [-0.1, -0.05) is 17.7 Å². The highest BCUT2D eigenvalue weighted by Crippen LogP contribution is 2.16. The molecular weight excluding hydrogens is 206 g/mol. The first-order valence-electron chi connectivity index (χ1n) is 3.80.